The monoisotopic (exact) mass is 396 g/mol. The van der Waals surface area contributed by atoms with Gasteiger partial charge in [0.1, 0.15) is 11.8 Å². The second-order valence-electron chi connectivity index (χ2n) is 6.37. The molecular weight excluding hydrogens is 376 g/mol. The largest absolute Gasteiger partial charge is 0.496 e. The number of likely N-dealkylation sites (tertiary alicyclic amines) is 1. The molecule has 3 aromatic rings. The van der Waals surface area contributed by atoms with Crippen LogP contribution in [0.3, 0.4) is 0 Å². The van der Waals surface area contributed by atoms with E-state index in [4.69, 9.17) is 9.26 Å². The third-order valence-electron chi connectivity index (χ3n) is 4.66. The maximum Gasteiger partial charge on any atom is 0.249 e. The maximum atomic E-state index is 12.8. The first kappa shape index (κ1) is 18.5. The molecule has 0 unspecified atom stereocenters. The molecule has 7 nitrogen and oxygen atoms in total. The highest BCUT2D eigenvalue weighted by molar-refractivity contribution is 8.00. The van der Waals surface area contributed by atoms with E-state index in [9.17, 15) is 4.79 Å². The molecule has 0 bridgehead atoms. The number of carbonyl (C=O) groups is 1. The number of rotatable bonds is 6. The fraction of sp³-hybridized carbons (Fsp3) is 0.300. The van der Waals surface area contributed by atoms with Gasteiger partial charge in [-0.2, -0.15) is 4.98 Å². The molecule has 1 atom stereocenters. The highest BCUT2D eigenvalue weighted by Crippen LogP contribution is 2.34. The van der Waals surface area contributed by atoms with Crippen molar-refractivity contribution in [1.29, 1.82) is 0 Å². The van der Waals surface area contributed by atoms with Gasteiger partial charge >= 0.3 is 0 Å². The predicted octanol–water partition coefficient (Wildman–Crippen LogP) is 3.60. The minimum absolute atomic E-state index is 0.0707. The summed E-state index contributed by atoms with van der Waals surface area (Å²) in [5.74, 6) is 2.07. The van der Waals surface area contributed by atoms with Gasteiger partial charge < -0.3 is 14.2 Å². The Labute approximate surface area is 167 Å². The zero-order valence-electron chi connectivity index (χ0n) is 15.4. The molecule has 1 fully saturated rings. The number of para-hydroxylation sites is 1. The van der Waals surface area contributed by atoms with Crippen LogP contribution in [0.1, 0.15) is 24.8 Å². The Balaban J connectivity index is 1.48. The smallest absolute Gasteiger partial charge is 0.249 e. The quantitative estimate of drug-likeness (QED) is 0.589. The predicted molar refractivity (Wildman–Crippen MR) is 105 cm³/mol. The molecule has 28 heavy (non-hydrogen) atoms. The molecule has 3 heterocycles. The van der Waals surface area contributed by atoms with E-state index in [0.29, 0.717) is 29.8 Å². The fourth-order valence-corrected chi connectivity index (χ4v) is 4.06. The molecule has 0 N–H and O–H groups in total. The van der Waals surface area contributed by atoms with Crippen LogP contribution in [-0.4, -0.2) is 45.3 Å². The van der Waals surface area contributed by atoms with E-state index in [1.807, 2.05) is 41.3 Å². The summed E-state index contributed by atoms with van der Waals surface area (Å²) >= 11 is 1.51. The molecule has 4 rings (SSSR count). The highest BCUT2D eigenvalue weighted by atomic mass is 32.2. The Morgan fingerprint density at radius 2 is 2.11 bits per heavy atom. The van der Waals surface area contributed by atoms with Gasteiger partial charge in [-0.1, -0.05) is 17.3 Å². The van der Waals surface area contributed by atoms with Gasteiger partial charge in [0.25, 0.3) is 0 Å². The van der Waals surface area contributed by atoms with Crippen LogP contribution in [0.4, 0.5) is 0 Å². The number of aromatic nitrogens is 3. The number of amides is 1. The number of thioether (sulfide) groups is 1. The number of benzene rings is 1. The maximum absolute atomic E-state index is 12.8. The van der Waals surface area contributed by atoms with E-state index >= 15 is 0 Å². The molecule has 1 aliphatic heterocycles. The number of hydrogen-bond acceptors (Lipinski definition) is 7. The average Bonchev–Trinajstić information content (AvgIpc) is 3.42. The summed E-state index contributed by atoms with van der Waals surface area (Å²) in [6.07, 6.45) is 5.19. The Morgan fingerprint density at radius 1 is 1.29 bits per heavy atom. The molecule has 2 aromatic heterocycles. The third kappa shape index (κ3) is 3.87. The van der Waals surface area contributed by atoms with Crippen molar-refractivity contribution in [1.82, 2.24) is 20.0 Å². The summed E-state index contributed by atoms with van der Waals surface area (Å²) in [5.41, 5.74) is 0.768. The number of nitrogens with zero attached hydrogens (tertiary/aromatic N) is 4. The number of pyridine rings is 1. The minimum atomic E-state index is -0.179. The van der Waals surface area contributed by atoms with Crippen LogP contribution >= 0.6 is 11.8 Å². The summed E-state index contributed by atoms with van der Waals surface area (Å²) < 4.78 is 10.9. The lowest BCUT2D eigenvalue weighted by Gasteiger charge is -2.21. The summed E-state index contributed by atoms with van der Waals surface area (Å²) in [7, 11) is 1.61. The van der Waals surface area contributed by atoms with E-state index in [-0.39, 0.29) is 11.9 Å². The van der Waals surface area contributed by atoms with Crippen molar-refractivity contribution in [2.75, 3.05) is 19.4 Å². The lowest BCUT2D eigenvalue weighted by atomic mass is 10.2. The standard InChI is InChI=1S/C20H20N4O3S/c1-26-17-7-3-2-5-15(17)19-22-20(27-23-19)16-6-4-12-24(16)18(25)13-28-14-8-10-21-11-9-14/h2-3,5,7-11,16H,4,6,12-13H2,1H3/t16-/m0/s1. The normalized spacial score (nSPS) is 16.3. The van der Waals surface area contributed by atoms with Gasteiger partial charge in [0.2, 0.25) is 17.6 Å². The Hall–Kier alpha value is -2.87. The molecule has 1 saturated heterocycles. The van der Waals surface area contributed by atoms with E-state index in [0.717, 1.165) is 23.3 Å². The van der Waals surface area contributed by atoms with E-state index < -0.39 is 0 Å². The first-order valence-electron chi connectivity index (χ1n) is 9.05. The lowest BCUT2D eigenvalue weighted by Crippen LogP contribution is -2.32. The van der Waals surface area contributed by atoms with Crippen molar-refractivity contribution in [3.63, 3.8) is 0 Å². The van der Waals surface area contributed by atoms with Gasteiger partial charge in [-0.3, -0.25) is 9.78 Å². The van der Waals surface area contributed by atoms with Crippen molar-refractivity contribution >= 4 is 17.7 Å². The summed E-state index contributed by atoms with van der Waals surface area (Å²) in [5, 5.41) is 4.11. The van der Waals surface area contributed by atoms with Gasteiger partial charge in [-0.05, 0) is 37.1 Å². The Morgan fingerprint density at radius 3 is 2.93 bits per heavy atom. The van der Waals surface area contributed by atoms with Crippen molar-refractivity contribution in [3.8, 4) is 17.1 Å². The van der Waals surface area contributed by atoms with Crippen LogP contribution in [0.5, 0.6) is 5.75 Å². The average molecular weight is 396 g/mol. The number of methoxy groups -OCH3 is 1. The van der Waals surface area contributed by atoms with E-state index in [1.165, 1.54) is 11.8 Å². The molecule has 144 valence electrons. The molecule has 1 aromatic carbocycles. The second-order valence-corrected chi connectivity index (χ2v) is 7.42. The van der Waals surface area contributed by atoms with Crippen molar-refractivity contribution < 1.29 is 14.1 Å². The minimum Gasteiger partial charge on any atom is -0.496 e. The van der Waals surface area contributed by atoms with Gasteiger partial charge in [0.15, 0.2) is 0 Å². The first-order chi connectivity index (χ1) is 13.8. The van der Waals surface area contributed by atoms with Gasteiger partial charge in [-0.25, -0.2) is 0 Å². The van der Waals surface area contributed by atoms with Crippen LogP contribution in [0.15, 0.2) is 58.2 Å². The highest BCUT2D eigenvalue weighted by Gasteiger charge is 2.34. The lowest BCUT2D eigenvalue weighted by molar-refractivity contribution is -0.129. The van der Waals surface area contributed by atoms with E-state index in [1.54, 1.807) is 19.5 Å². The van der Waals surface area contributed by atoms with Crippen molar-refractivity contribution in [3.05, 3.63) is 54.7 Å². The van der Waals surface area contributed by atoms with Crippen LogP contribution in [0, 0.1) is 0 Å². The molecule has 0 spiro atoms. The zero-order valence-corrected chi connectivity index (χ0v) is 16.3. The van der Waals surface area contributed by atoms with Crippen molar-refractivity contribution in [2.24, 2.45) is 0 Å². The molecule has 1 aliphatic rings. The molecule has 8 heteroatoms. The van der Waals surface area contributed by atoms with Gasteiger partial charge in [0.05, 0.1) is 18.4 Å². The molecule has 0 saturated carbocycles. The van der Waals surface area contributed by atoms with Gasteiger partial charge in [0, 0.05) is 23.8 Å². The van der Waals surface area contributed by atoms with E-state index in [2.05, 4.69) is 15.1 Å². The SMILES string of the molecule is COc1ccccc1-c1noc([C@@H]2CCCN2C(=O)CSc2ccncc2)n1. The summed E-state index contributed by atoms with van der Waals surface area (Å²) in [6.45, 7) is 0.701. The summed E-state index contributed by atoms with van der Waals surface area (Å²) in [4.78, 5) is 24.2. The number of carbonyl (C=O) groups excluding carboxylic acids is 1. The molecular formula is C20H20N4O3S. The van der Waals surface area contributed by atoms with Crippen LogP contribution in [0.2, 0.25) is 0 Å². The Bertz CT molecular complexity index is 947. The first-order valence-corrected chi connectivity index (χ1v) is 10.0. The zero-order chi connectivity index (χ0) is 19.3. The summed E-state index contributed by atoms with van der Waals surface area (Å²) in [6, 6.07) is 11.1. The molecule has 0 radical (unpaired) electrons. The molecule has 0 aliphatic carbocycles. The second kappa shape index (κ2) is 8.43. The van der Waals surface area contributed by atoms with Crippen LogP contribution in [-0.2, 0) is 4.79 Å². The molecule has 1 amide bonds. The number of hydrogen-bond donors (Lipinski definition) is 0. The number of ether oxygens (including phenoxy) is 1. The van der Waals surface area contributed by atoms with Crippen LogP contribution < -0.4 is 4.74 Å². The van der Waals surface area contributed by atoms with Crippen LogP contribution in [0.25, 0.3) is 11.4 Å². The Kier molecular flexibility index (Phi) is 5.57. The third-order valence-corrected chi connectivity index (χ3v) is 5.66. The van der Waals surface area contributed by atoms with Gasteiger partial charge in [-0.15, -0.1) is 11.8 Å². The fourth-order valence-electron chi connectivity index (χ4n) is 3.29. The van der Waals surface area contributed by atoms with Crippen molar-refractivity contribution in [2.45, 2.75) is 23.8 Å². The topological polar surface area (TPSA) is 81.4 Å².